The van der Waals surface area contributed by atoms with Crippen molar-refractivity contribution < 1.29 is 8.83 Å². The third-order valence-electron chi connectivity index (χ3n) is 9.68. The third kappa shape index (κ3) is 4.19. The second-order valence-corrected chi connectivity index (χ2v) is 13.7. The summed E-state index contributed by atoms with van der Waals surface area (Å²) in [5.74, 6) is 1.20. The van der Waals surface area contributed by atoms with Crippen LogP contribution in [0.4, 0.5) is 0 Å². The molecule has 4 heterocycles. The standard InChI is InChI=1S/C44H25N3O2S/c1-6-12-41-31(7-1)34-23-27(17-22-42(34)50-41)26-13-18-30(19-14-26)47-37-20-15-28(43-45-35-8-2-4-10-39(35)48-43)24-32(37)33-25-29(16-21-38(33)47)44-46-36-9-3-5-11-40(36)49-44/h1-25H. The lowest BCUT2D eigenvalue weighted by Crippen LogP contribution is -1.94. The molecule has 0 atom stereocenters. The lowest BCUT2D eigenvalue weighted by atomic mass is 10.0. The fourth-order valence-electron chi connectivity index (χ4n) is 7.27. The summed E-state index contributed by atoms with van der Waals surface area (Å²) in [6, 6.07) is 53.0. The summed E-state index contributed by atoms with van der Waals surface area (Å²) >= 11 is 1.85. The number of para-hydroxylation sites is 4. The highest BCUT2D eigenvalue weighted by Crippen LogP contribution is 2.39. The molecule has 5 nitrogen and oxygen atoms in total. The van der Waals surface area contributed by atoms with Gasteiger partial charge in [0.2, 0.25) is 11.8 Å². The highest BCUT2D eigenvalue weighted by molar-refractivity contribution is 7.25. The van der Waals surface area contributed by atoms with Crippen molar-refractivity contribution in [1.82, 2.24) is 14.5 Å². The van der Waals surface area contributed by atoms with Gasteiger partial charge in [0.05, 0.1) is 11.0 Å². The molecule has 11 rings (SSSR count). The highest BCUT2D eigenvalue weighted by atomic mass is 32.1. The van der Waals surface area contributed by atoms with Gasteiger partial charge in [0, 0.05) is 47.8 Å². The zero-order chi connectivity index (χ0) is 32.8. The Balaban J connectivity index is 1.07. The lowest BCUT2D eigenvalue weighted by molar-refractivity contribution is 0.619. The normalized spacial score (nSPS) is 12.0. The molecule has 4 aromatic heterocycles. The number of aromatic nitrogens is 3. The van der Waals surface area contributed by atoms with Crippen LogP contribution in [0.5, 0.6) is 0 Å². The first kappa shape index (κ1) is 27.5. The van der Waals surface area contributed by atoms with Gasteiger partial charge in [0.15, 0.2) is 11.2 Å². The van der Waals surface area contributed by atoms with Crippen LogP contribution in [0.1, 0.15) is 0 Å². The van der Waals surface area contributed by atoms with Crippen molar-refractivity contribution in [2.75, 3.05) is 0 Å². The average Bonchev–Trinajstić information content (AvgIpc) is 3.95. The highest BCUT2D eigenvalue weighted by Gasteiger charge is 2.18. The van der Waals surface area contributed by atoms with Crippen LogP contribution in [-0.4, -0.2) is 14.5 Å². The number of oxazole rings is 2. The predicted octanol–water partition coefficient (Wildman–Crippen LogP) is 12.4. The first-order valence-corrected chi connectivity index (χ1v) is 17.4. The largest absolute Gasteiger partial charge is 0.436 e. The zero-order valence-corrected chi connectivity index (χ0v) is 27.3. The van der Waals surface area contributed by atoms with Crippen molar-refractivity contribution in [2.24, 2.45) is 0 Å². The number of thiophene rings is 1. The summed E-state index contributed by atoms with van der Waals surface area (Å²) in [7, 11) is 0. The molecule has 0 amide bonds. The molecule has 234 valence electrons. The Morgan fingerprint density at radius 3 is 1.58 bits per heavy atom. The monoisotopic (exact) mass is 659 g/mol. The minimum atomic E-state index is 0.601. The Hall–Kier alpha value is -6.50. The number of nitrogens with zero attached hydrogens (tertiary/aromatic N) is 3. The number of hydrogen-bond donors (Lipinski definition) is 0. The van der Waals surface area contributed by atoms with E-state index in [1.54, 1.807) is 0 Å². The summed E-state index contributed by atoms with van der Waals surface area (Å²) in [5, 5.41) is 4.80. The summed E-state index contributed by atoms with van der Waals surface area (Å²) in [4.78, 5) is 9.59. The van der Waals surface area contributed by atoms with E-state index in [0.717, 1.165) is 60.8 Å². The maximum Gasteiger partial charge on any atom is 0.227 e. The second-order valence-electron chi connectivity index (χ2n) is 12.6. The Labute approximate surface area is 289 Å². The van der Waals surface area contributed by atoms with Crippen molar-refractivity contribution in [1.29, 1.82) is 0 Å². The Kier molecular flexibility index (Phi) is 5.76. The molecule has 0 aliphatic heterocycles. The first-order valence-electron chi connectivity index (χ1n) is 16.6. The van der Waals surface area contributed by atoms with E-state index in [4.69, 9.17) is 18.8 Å². The predicted molar refractivity (Wildman–Crippen MR) is 205 cm³/mol. The number of rotatable bonds is 4. The quantitative estimate of drug-likeness (QED) is 0.189. The van der Waals surface area contributed by atoms with E-state index in [-0.39, 0.29) is 0 Å². The molecule has 11 aromatic rings. The fourth-order valence-corrected chi connectivity index (χ4v) is 8.35. The molecule has 0 bridgehead atoms. The molecule has 0 aliphatic rings. The first-order chi connectivity index (χ1) is 24.7. The van der Waals surface area contributed by atoms with Crippen LogP contribution in [0, 0.1) is 0 Å². The molecule has 0 unspecified atom stereocenters. The zero-order valence-electron chi connectivity index (χ0n) is 26.5. The van der Waals surface area contributed by atoms with Crippen LogP contribution in [0.2, 0.25) is 0 Å². The Morgan fingerprint density at radius 1 is 0.420 bits per heavy atom. The molecule has 0 spiro atoms. The van der Waals surface area contributed by atoms with Gasteiger partial charge in [-0.1, -0.05) is 60.7 Å². The molecular weight excluding hydrogens is 635 g/mol. The fraction of sp³-hybridized carbons (Fsp3) is 0. The maximum atomic E-state index is 6.19. The molecule has 0 radical (unpaired) electrons. The van der Waals surface area contributed by atoms with Crippen molar-refractivity contribution in [3.05, 3.63) is 152 Å². The molecule has 0 saturated carbocycles. The van der Waals surface area contributed by atoms with E-state index in [0.29, 0.717) is 11.8 Å². The van der Waals surface area contributed by atoms with Crippen molar-refractivity contribution in [3.8, 4) is 39.7 Å². The maximum absolute atomic E-state index is 6.19. The molecular formula is C44H25N3O2S. The Morgan fingerprint density at radius 2 is 0.940 bits per heavy atom. The molecule has 0 aliphatic carbocycles. The van der Waals surface area contributed by atoms with Crippen molar-refractivity contribution in [3.63, 3.8) is 0 Å². The van der Waals surface area contributed by atoms with Gasteiger partial charge in [-0.05, 0) is 102 Å². The van der Waals surface area contributed by atoms with Crippen LogP contribution < -0.4 is 0 Å². The minimum absolute atomic E-state index is 0.601. The molecule has 50 heavy (non-hydrogen) atoms. The van der Waals surface area contributed by atoms with Gasteiger partial charge >= 0.3 is 0 Å². The van der Waals surface area contributed by atoms with Gasteiger partial charge in [-0.2, -0.15) is 0 Å². The summed E-state index contributed by atoms with van der Waals surface area (Å²) in [6.07, 6.45) is 0. The van der Waals surface area contributed by atoms with E-state index >= 15 is 0 Å². The summed E-state index contributed by atoms with van der Waals surface area (Å²) in [6.45, 7) is 0. The smallest absolute Gasteiger partial charge is 0.227 e. The second kappa shape index (κ2) is 10.5. The summed E-state index contributed by atoms with van der Waals surface area (Å²) in [5.41, 5.74) is 10.7. The van der Waals surface area contributed by atoms with E-state index in [9.17, 15) is 0 Å². The summed E-state index contributed by atoms with van der Waals surface area (Å²) < 4.78 is 17.3. The molecule has 0 saturated heterocycles. The number of benzene rings is 7. The van der Waals surface area contributed by atoms with Gasteiger partial charge in [-0.25, -0.2) is 9.97 Å². The molecule has 6 heteroatoms. The Bertz CT molecular complexity index is 2910. The van der Waals surface area contributed by atoms with Gasteiger partial charge in [0.25, 0.3) is 0 Å². The van der Waals surface area contributed by atoms with E-state index < -0.39 is 0 Å². The lowest BCUT2D eigenvalue weighted by Gasteiger charge is -2.10. The van der Waals surface area contributed by atoms with E-state index in [1.807, 2.05) is 59.9 Å². The van der Waals surface area contributed by atoms with Crippen LogP contribution in [0.25, 0.3) is 104 Å². The SMILES string of the molecule is c1ccc2oc(-c3ccc4c(c3)c3cc(-c5nc6ccccc6o5)ccc3n4-c3ccc(-c4ccc5sc6ccccc6c5c4)cc3)nc2c1. The van der Waals surface area contributed by atoms with Gasteiger partial charge in [-0.3, -0.25) is 0 Å². The van der Waals surface area contributed by atoms with Gasteiger partial charge < -0.3 is 13.4 Å². The molecule has 0 N–H and O–H groups in total. The van der Waals surface area contributed by atoms with Gasteiger partial charge in [0.1, 0.15) is 11.0 Å². The van der Waals surface area contributed by atoms with E-state index in [1.165, 1.54) is 31.3 Å². The number of hydrogen-bond acceptors (Lipinski definition) is 5. The van der Waals surface area contributed by atoms with E-state index in [2.05, 4.69) is 108 Å². The average molecular weight is 660 g/mol. The van der Waals surface area contributed by atoms with Crippen LogP contribution >= 0.6 is 11.3 Å². The van der Waals surface area contributed by atoms with Crippen LogP contribution in [0.15, 0.2) is 160 Å². The molecule has 0 fully saturated rings. The van der Waals surface area contributed by atoms with Crippen LogP contribution in [0.3, 0.4) is 0 Å². The third-order valence-corrected chi connectivity index (χ3v) is 10.8. The topological polar surface area (TPSA) is 57.0 Å². The van der Waals surface area contributed by atoms with Crippen molar-refractivity contribution in [2.45, 2.75) is 0 Å². The minimum Gasteiger partial charge on any atom is -0.436 e. The number of fused-ring (bicyclic) bond motifs is 8. The molecule has 7 aromatic carbocycles. The van der Waals surface area contributed by atoms with Crippen molar-refractivity contribution >= 4 is 75.5 Å². The van der Waals surface area contributed by atoms with Crippen LogP contribution in [-0.2, 0) is 0 Å². The van der Waals surface area contributed by atoms with Gasteiger partial charge in [-0.15, -0.1) is 11.3 Å².